The fourth-order valence-corrected chi connectivity index (χ4v) is 5.33. The number of aliphatic hydroxyl groups excluding tert-OH is 1. The Morgan fingerprint density at radius 2 is 1.60 bits per heavy atom. The van der Waals surface area contributed by atoms with E-state index in [4.69, 9.17) is 0 Å². The Bertz CT molecular complexity index is 606. The van der Waals surface area contributed by atoms with E-state index in [0.29, 0.717) is 17.7 Å². The van der Waals surface area contributed by atoms with E-state index in [1.807, 2.05) is 0 Å². The second-order valence-electron chi connectivity index (χ2n) is 7.24. The maximum absolute atomic E-state index is 13.0. The van der Waals surface area contributed by atoms with Crippen LogP contribution in [0.1, 0.15) is 51.4 Å². The predicted molar refractivity (Wildman–Crippen MR) is 95.0 cm³/mol. The number of amides is 1. The molecule has 25 heavy (non-hydrogen) atoms. The van der Waals surface area contributed by atoms with Crippen molar-refractivity contribution in [1.82, 2.24) is 5.32 Å². The van der Waals surface area contributed by atoms with Gasteiger partial charge in [0, 0.05) is 22.1 Å². The molecule has 0 aliphatic heterocycles. The minimum Gasteiger partial charge on any atom is -0.393 e. The fourth-order valence-electron chi connectivity index (χ4n) is 3.84. The number of carbonyl (C=O) groups is 1. The lowest BCUT2D eigenvalue weighted by Crippen LogP contribution is -2.43. The number of halogens is 1. The first-order valence-electron chi connectivity index (χ1n) is 9.17. The van der Waals surface area contributed by atoms with Gasteiger partial charge in [0.1, 0.15) is 5.82 Å². The molecular formula is C19H26FNO3S. The summed E-state index contributed by atoms with van der Waals surface area (Å²) in [5, 5.41) is 12.8. The highest BCUT2D eigenvalue weighted by Crippen LogP contribution is 2.28. The maximum Gasteiger partial charge on any atom is 0.223 e. The summed E-state index contributed by atoms with van der Waals surface area (Å²) in [6, 6.07) is 6.04. The van der Waals surface area contributed by atoms with Crippen LogP contribution in [-0.4, -0.2) is 32.6 Å². The number of hydrogen-bond donors (Lipinski definition) is 2. The van der Waals surface area contributed by atoms with Crippen molar-refractivity contribution in [3.05, 3.63) is 30.1 Å². The first kappa shape index (κ1) is 18.5. The highest BCUT2D eigenvalue weighted by molar-refractivity contribution is 7.85. The number of carbonyl (C=O) groups excluding carboxylic acids is 1. The third kappa shape index (κ3) is 4.88. The van der Waals surface area contributed by atoms with Crippen molar-refractivity contribution in [3.8, 4) is 0 Å². The predicted octanol–water partition coefficient (Wildman–Crippen LogP) is 2.91. The summed E-state index contributed by atoms with van der Waals surface area (Å²) < 4.78 is 25.6. The van der Waals surface area contributed by atoms with Crippen molar-refractivity contribution >= 4 is 16.7 Å². The van der Waals surface area contributed by atoms with Crippen LogP contribution in [0.4, 0.5) is 4.39 Å². The zero-order valence-electron chi connectivity index (χ0n) is 14.3. The summed E-state index contributed by atoms with van der Waals surface area (Å²) in [5.41, 5.74) is 0. The summed E-state index contributed by atoms with van der Waals surface area (Å²) in [4.78, 5) is 13.0. The lowest BCUT2D eigenvalue weighted by molar-refractivity contribution is -0.127. The molecule has 2 N–H and O–H groups in total. The maximum atomic E-state index is 13.0. The van der Waals surface area contributed by atoms with Crippen LogP contribution in [-0.2, 0) is 15.6 Å². The molecule has 0 radical (unpaired) electrons. The largest absolute Gasteiger partial charge is 0.393 e. The molecule has 3 rings (SSSR count). The second-order valence-corrected chi connectivity index (χ2v) is 8.97. The molecule has 2 aliphatic carbocycles. The molecule has 1 atom stereocenters. The van der Waals surface area contributed by atoms with Crippen LogP contribution in [0, 0.1) is 11.7 Å². The summed E-state index contributed by atoms with van der Waals surface area (Å²) in [5.74, 6) is -0.188. The van der Waals surface area contributed by atoms with E-state index in [2.05, 4.69) is 5.32 Å². The molecule has 1 aromatic rings. The van der Waals surface area contributed by atoms with Crippen LogP contribution in [0.2, 0.25) is 0 Å². The van der Waals surface area contributed by atoms with Gasteiger partial charge in [-0.3, -0.25) is 9.00 Å². The van der Waals surface area contributed by atoms with E-state index >= 15 is 0 Å². The highest BCUT2D eigenvalue weighted by atomic mass is 32.2. The number of nitrogens with one attached hydrogen (secondary N) is 1. The Kier molecular flexibility index (Phi) is 6.23. The fraction of sp³-hybridized carbons (Fsp3) is 0.632. The van der Waals surface area contributed by atoms with Crippen molar-refractivity contribution in [3.63, 3.8) is 0 Å². The van der Waals surface area contributed by atoms with Gasteiger partial charge in [0.05, 0.1) is 16.9 Å². The van der Waals surface area contributed by atoms with Crippen LogP contribution in [0.15, 0.2) is 29.2 Å². The normalized spacial score (nSPS) is 31.3. The molecule has 0 aromatic heterocycles. The summed E-state index contributed by atoms with van der Waals surface area (Å²) >= 11 is 0. The molecule has 0 heterocycles. The Hall–Kier alpha value is -1.27. The van der Waals surface area contributed by atoms with Gasteiger partial charge in [-0.05, 0) is 75.6 Å². The highest BCUT2D eigenvalue weighted by Gasteiger charge is 2.30. The van der Waals surface area contributed by atoms with Crippen molar-refractivity contribution in [1.29, 1.82) is 0 Å². The Morgan fingerprint density at radius 3 is 2.20 bits per heavy atom. The Labute approximate surface area is 150 Å². The van der Waals surface area contributed by atoms with Gasteiger partial charge in [0.25, 0.3) is 0 Å². The monoisotopic (exact) mass is 367 g/mol. The van der Waals surface area contributed by atoms with E-state index in [9.17, 15) is 18.5 Å². The van der Waals surface area contributed by atoms with Crippen LogP contribution >= 0.6 is 0 Å². The average Bonchev–Trinajstić information content (AvgIpc) is 2.63. The molecule has 1 amide bonds. The lowest BCUT2D eigenvalue weighted by Gasteiger charge is -2.31. The van der Waals surface area contributed by atoms with E-state index in [0.717, 1.165) is 38.5 Å². The van der Waals surface area contributed by atoms with Gasteiger partial charge in [-0.25, -0.2) is 4.39 Å². The first-order chi connectivity index (χ1) is 12.0. The smallest absolute Gasteiger partial charge is 0.223 e. The van der Waals surface area contributed by atoms with Gasteiger partial charge >= 0.3 is 0 Å². The zero-order valence-corrected chi connectivity index (χ0v) is 15.1. The van der Waals surface area contributed by atoms with E-state index in [-0.39, 0.29) is 35.0 Å². The van der Waals surface area contributed by atoms with Crippen molar-refractivity contribution < 1.29 is 18.5 Å². The van der Waals surface area contributed by atoms with Gasteiger partial charge in [0.2, 0.25) is 5.91 Å². The SMILES string of the molecule is O=C(NC1CCC(S(=O)c2ccc(F)cc2)CC1)C1CCC(O)CC1. The van der Waals surface area contributed by atoms with Crippen molar-refractivity contribution in [2.45, 2.75) is 73.7 Å². The molecule has 2 aliphatic rings. The third-order valence-electron chi connectivity index (χ3n) is 5.44. The van der Waals surface area contributed by atoms with Gasteiger partial charge in [-0.15, -0.1) is 0 Å². The average molecular weight is 367 g/mol. The van der Waals surface area contributed by atoms with Crippen LogP contribution in [0.3, 0.4) is 0 Å². The van der Waals surface area contributed by atoms with Crippen LogP contribution < -0.4 is 5.32 Å². The third-order valence-corrected chi connectivity index (χ3v) is 7.25. The molecule has 6 heteroatoms. The van der Waals surface area contributed by atoms with Gasteiger partial charge in [0.15, 0.2) is 0 Å². The van der Waals surface area contributed by atoms with E-state index < -0.39 is 10.8 Å². The van der Waals surface area contributed by atoms with Crippen LogP contribution in [0.25, 0.3) is 0 Å². The lowest BCUT2D eigenvalue weighted by atomic mass is 9.86. The van der Waals surface area contributed by atoms with Crippen molar-refractivity contribution in [2.24, 2.45) is 5.92 Å². The van der Waals surface area contributed by atoms with Crippen LogP contribution in [0.5, 0.6) is 0 Å². The minimum atomic E-state index is -1.12. The zero-order chi connectivity index (χ0) is 17.8. The molecule has 2 fully saturated rings. The van der Waals surface area contributed by atoms with Gasteiger partial charge < -0.3 is 10.4 Å². The molecular weight excluding hydrogens is 341 g/mol. The molecule has 138 valence electrons. The van der Waals surface area contributed by atoms with Crippen molar-refractivity contribution in [2.75, 3.05) is 0 Å². The number of rotatable bonds is 4. The molecule has 0 saturated heterocycles. The standard InChI is InChI=1S/C19H26FNO3S/c20-14-3-9-17(10-4-14)25(24)18-11-5-15(6-12-18)21-19(23)13-1-7-16(22)8-2-13/h3-4,9-10,13,15-16,18,22H,1-2,5-8,11-12H2,(H,21,23). The summed E-state index contributed by atoms with van der Waals surface area (Å²) in [6.07, 6.45) is 5.96. The van der Waals surface area contributed by atoms with E-state index in [1.165, 1.54) is 12.1 Å². The molecule has 0 bridgehead atoms. The number of hydrogen-bond acceptors (Lipinski definition) is 3. The number of benzene rings is 1. The molecule has 4 nitrogen and oxygen atoms in total. The summed E-state index contributed by atoms with van der Waals surface area (Å²) in [6.45, 7) is 0. The van der Waals surface area contributed by atoms with Gasteiger partial charge in [-0.1, -0.05) is 0 Å². The summed E-state index contributed by atoms with van der Waals surface area (Å²) in [7, 11) is -1.12. The molecule has 2 saturated carbocycles. The minimum absolute atomic E-state index is 0.0227. The molecule has 0 spiro atoms. The quantitative estimate of drug-likeness (QED) is 0.860. The molecule has 1 unspecified atom stereocenters. The number of aliphatic hydroxyl groups is 1. The second kappa shape index (κ2) is 8.41. The molecule has 1 aromatic carbocycles. The van der Waals surface area contributed by atoms with E-state index in [1.54, 1.807) is 12.1 Å². The first-order valence-corrected chi connectivity index (χ1v) is 10.4. The Balaban J connectivity index is 1.46. The topological polar surface area (TPSA) is 66.4 Å². The Morgan fingerprint density at radius 1 is 1.00 bits per heavy atom. The van der Waals surface area contributed by atoms with Gasteiger partial charge in [-0.2, -0.15) is 0 Å².